The van der Waals surface area contributed by atoms with Gasteiger partial charge in [0.2, 0.25) is 0 Å². The topological polar surface area (TPSA) is 63.7 Å². The van der Waals surface area contributed by atoms with Crippen molar-refractivity contribution < 1.29 is 4.74 Å². The molecule has 1 N–H and O–H groups in total. The maximum atomic E-state index is 5.79. The molecule has 0 bridgehead atoms. The molecule has 106 valence electrons. The number of H-pyrrole nitrogens is 1. The minimum Gasteiger partial charge on any atom is -0.457 e. The van der Waals surface area contributed by atoms with Crippen molar-refractivity contribution in [1.82, 2.24) is 20.2 Å². The van der Waals surface area contributed by atoms with E-state index in [0.717, 1.165) is 28.1 Å². The number of ether oxygens (including phenoxy) is 1. The van der Waals surface area contributed by atoms with Crippen molar-refractivity contribution in [3.8, 4) is 22.8 Å². The first-order valence-electron chi connectivity index (χ1n) is 6.87. The van der Waals surface area contributed by atoms with Gasteiger partial charge in [-0.05, 0) is 36.4 Å². The number of aromatic amines is 1. The first-order chi connectivity index (χ1) is 10.9. The number of nitrogens with zero attached hydrogens (tertiary/aromatic N) is 3. The fourth-order valence-electron chi connectivity index (χ4n) is 2.29. The maximum Gasteiger partial charge on any atom is 0.184 e. The van der Waals surface area contributed by atoms with Crippen molar-refractivity contribution >= 4 is 11.0 Å². The number of para-hydroxylation sites is 1. The summed E-state index contributed by atoms with van der Waals surface area (Å²) >= 11 is 0. The van der Waals surface area contributed by atoms with Crippen LogP contribution in [0.2, 0.25) is 0 Å². The summed E-state index contributed by atoms with van der Waals surface area (Å²) in [4.78, 5) is 8.17. The molecule has 2 heterocycles. The zero-order chi connectivity index (χ0) is 14.8. The molecule has 2 aromatic heterocycles. The number of fused-ring (bicyclic) bond motifs is 1. The van der Waals surface area contributed by atoms with E-state index in [9.17, 15) is 0 Å². The average Bonchev–Trinajstić information content (AvgIpc) is 3.01. The van der Waals surface area contributed by atoms with E-state index in [1.807, 2.05) is 54.6 Å². The van der Waals surface area contributed by atoms with Crippen LogP contribution in [0.3, 0.4) is 0 Å². The van der Waals surface area contributed by atoms with Crippen LogP contribution in [0, 0.1) is 0 Å². The molecule has 0 saturated heterocycles. The van der Waals surface area contributed by atoms with Crippen molar-refractivity contribution in [3.63, 3.8) is 0 Å². The Morgan fingerprint density at radius 2 is 1.64 bits per heavy atom. The number of rotatable bonds is 3. The normalized spacial score (nSPS) is 10.7. The predicted molar refractivity (Wildman–Crippen MR) is 83.6 cm³/mol. The van der Waals surface area contributed by atoms with Gasteiger partial charge in [0.05, 0.1) is 11.1 Å². The van der Waals surface area contributed by atoms with Crippen LogP contribution in [0.15, 0.2) is 67.1 Å². The third-order valence-corrected chi connectivity index (χ3v) is 3.36. The zero-order valence-corrected chi connectivity index (χ0v) is 11.6. The van der Waals surface area contributed by atoms with Gasteiger partial charge in [-0.25, -0.2) is 9.97 Å². The molecule has 0 atom stereocenters. The quantitative estimate of drug-likeness (QED) is 0.622. The van der Waals surface area contributed by atoms with Crippen LogP contribution in [0.25, 0.3) is 22.3 Å². The zero-order valence-electron chi connectivity index (χ0n) is 11.6. The fraction of sp³-hybridized carbons (Fsp3) is 0. The van der Waals surface area contributed by atoms with Gasteiger partial charge in [-0.15, -0.1) is 0 Å². The molecule has 5 heteroatoms. The van der Waals surface area contributed by atoms with Gasteiger partial charge in [-0.3, -0.25) is 5.10 Å². The molecule has 4 rings (SSSR count). The molecule has 0 radical (unpaired) electrons. The lowest BCUT2D eigenvalue weighted by molar-refractivity contribution is 0.483. The smallest absolute Gasteiger partial charge is 0.184 e. The van der Waals surface area contributed by atoms with Crippen LogP contribution in [0.5, 0.6) is 11.5 Å². The van der Waals surface area contributed by atoms with Crippen molar-refractivity contribution in [2.45, 2.75) is 0 Å². The van der Waals surface area contributed by atoms with Gasteiger partial charge in [-0.2, -0.15) is 5.10 Å². The Morgan fingerprint density at radius 1 is 0.864 bits per heavy atom. The Hall–Kier alpha value is -3.21. The Kier molecular flexibility index (Phi) is 3.01. The lowest BCUT2D eigenvalue weighted by atomic mass is 10.1. The second-order valence-electron chi connectivity index (χ2n) is 4.80. The first-order valence-corrected chi connectivity index (χ1v) is 6.87. The Morgan fingerprint density at radius 3 is 2.45 bits per heavy atom. The van der Waals surface area contributed by atoms with Crippen LogP contribution in [-0.2, 0) is 0 Å². The number of nitrogens with one attached hydrogen (secondary N) is 1. The van der Waals surface area contributed by atoms with Gasteiger partial charge < -0.3 is 4.74 Å². The molecule has 0 fully saturated rings. The largest absolute Gasteiger partial charge is 0.457 e. The van der Waals surface area contributed by atoms with Gasteiger partial charge in [0.15, 0.2) is 5.65 Å². The summed E-state index contributed by atoms with van der Waals surface area (Å²) in [6, 6.07) is 17.5. The van der Waals surface area contributed by atoms with E-state index in [-0.39, 0.29) is 0 Å². The molecule has 2 aromatic carbocycles. The highest BCUT2D eigenvalue weighted by Crippen LogP contribution is 2.28. The Balaban J connectivity index is 1.64. The summed E-state index contributed by atoms with van der Waals surface area (Å²) < 4.78 is 5.79. The molecule has 0 amide bonds. The number of benzene rings is 2. The predicted octanol–water partition coefficient (Wildman–Crippen LogP) is 3.81. The van der Waals surface area contributed by atoms with E-state index in [1.165, 1.54) is 6.33 Å². The summed E-state index contributed by atoms with van der Waals surface area (Å²) in [5.74, 6) is 1.60. The van der Waals surface area contributed by atoms with Gasteiger partial charge in [0.1, 0.15) is 17.8 Å². The minimum absolute atomic E-state index is 0.662. The number of hydrogen-bond acceptors (Lipinski definition) is 4. The van der Waals surface area contributed by atoms with Crippen LogP contribution in [0.1, 0.15) is 0 Å². The van der Waals surface area contributed by atoms with E-state index < -0.39 is 0 Å². The molecule has 0 saturated carbocycles. The SMILES string of the molecule is c1ccc(Oc2ccc(-c3[nH]nc4ncncc34)cc2)cc1. The summed E-state index contributed by atoms with van der Waals surface area (Å²) in [6.07, 6.45) is 3.25. The van der Waals surface area contributed by atoms with E-state index in [2.05, 4.69) is 20.2 Å². The molecule has 5 nitrogen and oxygen atoms in total. The van der Waals surface area contributed by atoms with E-state index in [0.29, 0.717) is 5.65 Å². The average molecular weight is 288 g/mol. The van der Waals surface area contributed by atoms with Crippen molar-refractivity contribution in [2.75, 3.05) is 0 Å². The molecule has 0 unspecified atom stereocenters. The third kappa shape index (κ3) is 2.29. The number of hydrogen-bond donors (Lipinski definition) is 1. The van der Waals surface area contributed by atoms with E-state index >= 15 is 0 Å². The third-order valence-electron chi connectivity index (χ3n) is 3.36. The molecule has 0 aliphatic heterocycles. The second-order valence-corrected chi connectivity index (χ2v) is 4.80. The standard InChI is InChI=1S/C17H12N4O/c1-2-4-13(5-3-1)22-14-8-6-12(7-9-14)16-15-10-18-11-19-17(15)21-20-16/h1-11H,(H,18,19,20,21). The summed E-state index contributed by atoms with van der Waals surface area (Å²) in [5, 5.41) is 8.09. The molecule has 22 heavy (non-hydrogen) atoms. The minimum atomic E-state index is 0.662. The molecule has 4 aromatic rings. The molecular formula is C17H12N4O. The van der Waals surface area contributed by atoms with E-state index in [1.54, 1.807) is 6.20 Å². The highest BCUT2D eigenvalue weighted by Gasteiger charge is 2.08. The highest BCUT2D eigenvalue weighted by molar-refractivity contribution is 5.89. The highest BCUT2D eigenvalue weighted by atomic mass is 16.5. The van der Waals surface area contributed by atoms with Crippen molar-refractivity contribution in [3.05, 3.63) is 67.1 Å². The van der Waals surface area contributed by atoms with Gasteiger partial charge in [0, 0.05) is 11.8 Å². The van der Waals surface area contributed by atoms with Gasteiger partial charge in [0.25, 0.3) is 0 Å². The van der Waals surface area contributed by atoms with E-state index in [4.69, 9.17) is 4.74 Å². The van der Waals surface area contributed by atoms with Crippen LogP contribution in [-0.4, -0.2) is 20.2 Å². The summed E-state index contributed by atoms with van der Waals surface area (Å²) in [6.45, 7) is 0. The monoisotopic (exact) mass is 288 g/mol. The van der Waals surface area contributed by atoms with Gasteiger partial charge >= 0.3 is 0 Å². The van der Waals surface area contributed by atoms with Crippen molar-refractivity contribution in [2.24, 2.45) is 0 Å². The summed E-state index contributed by atoms with van der Waals surface area (Å²) in [7, 11) is 0. The molecule has 0 aliphatic carbocycles. The Bertz CT molecular complexity index is 901. The van der Waals surface area contributed by atoms with Crippen LogP contribution in [0.4, 0.5) is 0 Å². The van der Waals surface area contributed by atoms with Gasteiger partial charge in [-0.1, -0.05) is 18.2 Å². The van der Waals surface area contributed by atoms with Crippen LogP contribution >= 0.6 is 0 Å². The van der Waals surface area contributed by atoms with Crippen molar-refractivity contribution in [1.29, 1.82) is 0 Å². The molecular weight excluding hydrogens is 276 g/mol. The lowest BCUT2D eigenvalue weighted by Crippen LogP contribution is -1.84. The Labute approximate surface area is 126 Å². The lowest BCUT2D eigenvalue weighted by Gasteiger charge is -2.06. The first kappa shape index (κ1) is 12.5. The second kappa shape index (κ2) is 5.29. The maximum absolute atomic E-state index is 5.79. The summed E-state index contributed by atoms with van der Waals surface area (Å²) in [5.41, 5.74) is 2.58. The molecule has 0 spiro atoms. The fourth-order valence-corrected chi connectivity index (χ4v) is 2.29. The number of aromatic nitrogens is 4. The molecule has 0 aliphatic rings. The van der Waals surface area contributed by atoms with Crippen LogP contribution < -0.4 is 4.74 Å².